The van der Waals surface area contributed by atoms with Crippen LogP contribution in [0.2, 0.25) is 0 Å². The summed E-state index contributed by atoms with van der Waals surface area (Å²) in [5.74, 6) is -5.74. The molecule has 2 fully saturated rings. The van der Waals surface area contributed by atoms with Crippen LogP contribution in [-0.2, 0) is 9.53 Å². The molecule has 2 bridgehead atoms. The molecule has 0 aromatic heterocycles. The van der Waals surface area contributed by atoms with Crippen molar-refractivity contribution in [3.8, 4) is 0 Å². The van der Waals surface area contributed by atoms with Crippen LogP contribution in [0.25, 0.3) is 0 Å². The van der Waals surface area contributed by atoms with E-state index in [-0.39, 0.29) is 6.42 Å². The number of hydrogen-bond acceptors (Lipinski definition) is 3. The summed E-state index contributed by atoms with van der Waals surface area (Å²) in [5, 5.41) is 9.10. The minimum Gasteiger partial charge on any atom is -0.480 e. The zero-order valence-electron chi connectivity index (χ0n) is 11.0. The average Bonchev–Trinajstić information content (AvgIpc) is 2.66. The molecular weight excluding hydrogens is 260 g/mol. The summed E-state index contributed by atoms with van der Waals surface area (Å²) in [7, 11) is 0. The Labute approximate surface area is 109 Å². The summed E-state index contributed by atoms with van der Waals surface area (Å²) < 4.78 is 32.3. The molecule has 1 heterocycles. The lowest BCUT2D eigenvalue weighted by Gasteiger charge is -2.37. The van der Waals surface area contributed by atoms with E-state index in [0.717, 1.165) is 4.90 Å². The van der Waals surface area contributed by atoms with Crippen LogP contribution in [0.3, 0.4) is 0 Å². The number of carboxylic acid groups (broad SMARTS) is 1. The van der Waals surface area contributed by atoms with Crippen molar-refractivity contribution >= 4 is 12.1 Å². The Morgan fingerprint density at radius 1 is 1.37 bits per heavy atom. The van der Waals surface area contributed by atoms with Crippen LogP contribution in [0.5, 0.6) is 0 Å². The fraction of sp³-hybridized carbons (Fsp3) is 0.833. The van der Waals surface area contributed by atoms with Crippen molar-refractivity contribution in [2.24, 2.45) is 5.92 Å². The molecule has 1 N–H and O–H groups in total. The number of aliphatic carboxylic acids is 1. The molecule has 1 amide bonds. The smallest absolute Gasteiger partial charge is 0.411 e. The lowest BCUT2D eigenvalue weighted by atomic mass is 9.95. The molecule has 2 aliphatic rings. The minimum absolute atomic E-state index is 0.0171. The quantitative estimate of drug-likeness (QED) is 0.797. The second-order valence-corrected chi connectivity index (χ2v) is 6.13. The Kier molecular flexibility index (Phi) is 2.98. The van der Waals surface area contributed by atoms with Crippen LogP contribution in [0.4, 0.5) is 13.6 Å². The first kappa shape index (κ1) is 14.0. The van der Waals surface area contributed by atoms with Gasteiger partial charge in [-0.05, 0) is 27.2 Å². The number of piperidine rings is 1. The van der Waals surface area contributed by atoms with Gasteiger partial charge in [0.25, 0.3) is 5.92 Å². The highest BCUT2D eigenvalue weighted by atomic mass is 19.3. The van der Waals surface area contributed by atoms with Gasteiger partial charge in [0.1, 0.15) is 11.6 Å². The molecule has 19 heavy (non-hydrogen) atoms. The molecular formula is C12H17F2NO4. The average molecular weight is 277 g/mol. The third kappa shape index (κ3) is 2.37. The monoisotopic (exact) mass is 277 g/mol. The number of ether oxygens (including phenoxy) is 1. The van der Waals surface area contributed by atoms with Crippen LogP contribution in [0.1, 0.15) is 33.6 Å². The van der Waals surface area contributed by atoms with Gasteiger partial charge >= 0.3 is 12.1 Å². The molecule has 7 heteroatoms. The van der Waals surface area contributed by atoms with Gasteiger partial charge in [-0.1, -0.05) is 0 Å². The molecule has 0 aromatic rings. The second-order valence-electron chi connectivity index (χ2n) is 6.13. The van der Waals surface area contributed by atoms with Gasteiger partial charge in [0.15, 0.2) is 0 Å². The number of carbonyl (C=O) groups is 2. The van der Waals surface area contributed by atoms with Gasteiger partial charge < -0.3 is 9.84 Å². The highest BCUT2D eigenvalue weighted by molar-refractivity contribution is 5.82. The predicted octanol–water partition coefficient (Wildman–Crippen LogP) is 2.10. The number of rotatable bonds is 1. The summed E-state index contributed by atoms with van der Waals surface area (Å²) in [6.45, 7) is 4.93. The Hall–Kier alpha value is -1.40. The first-order valence-electron chi connectivity index (χ1n) is 6.15. The van der Waals surface area contributed by atoms with E-state index in [2.05, 4.69) is 0 Å². The van der Waals surface area contributed by atoms with Crippen molar-refractivity contribution in [2.45, 2.75) is 57.2 Å². The van der Waals surface area contributed by atoms with Crippen molar-refractivity contribution < 1.29 is 28.2 Å². The molecule has 108 valence electrons. The zero-order valence-corrected chi connectivity index (χ0v) is 11.0. The highest BCUT2D eigenvalue weighted by Crippen LogP contribution is 2.52. The summed E-state index contributed by atoms with van der Waals surface area (Å²) in [4.78, 5) is 24.1. The Morgan fingerprint density at radius 3 is 2.42 bits per heavy atom. The van der Waals surface area contributed by atoms with Crippen LogP contribution >= 0.6 is 0 Å². The van der Waals surface area contributed by atoms with Crippen molar-refractivity contribution in [3.63, 3.8) is 0 Å². The number of nitrogens with zero attached hydrogens (tertiary/aromatic N) is 1. The summed E-state index contributed by atoms with van der Waals surface area (Å²) in [5.41, 5.74) is -0.787. The Bertz CT molecular complexity index is 418. The van der Waals surface area contributed by atoms with E-state index in [1.54, 1.807) is 20.8 Å². The fourth-order valence-electron chi connectivity index (χ4n) is 2.88. The predicted molar refractivity (Wildman–Crippen MR) is 61.0 cm³/mol. The normalized spacial score (nSPS) is 32.5. The number of alkyl halides is 2. The van der Waals surface area contributed by atoms with Crippen molar-refractivity contribution in [1.82, 2.24) is 4.90 Å². The summed E-state index contributed by atoms with van der Waals surface area (Å²) in [6, 6.07) is -2.25. The van der Waals surface area contributed by atoms with E-state index in [1.807, 2.05) is 0 Å². The van der Waals surface area contributed by atoms with Gasteiger partial charge in [0.05, 0.1) is 5.92 Å². The summed E-state index contributed by atoms with van der Waals surface area (Å²) >= 11 is 0. The molecule has 0 spiro atoms. The van der Waals surface area contributed by atoms with E-state index in [1.165, 1.54) is 0 Å². The Balaban J connectivity index is 2.22. The second kappa shape index (κ2) is 4.05. The maximum absolute atomic E-state index is 13.6. The van der Waals surface area contributed by atoms with Gasteiger partial charge in [-0.2, -0.15) is 0 Å². The number of hydrogen-bond donors (Lipinski definition) is 1. The highest BCUT2D eigenvalue weighted by Gasteiger charge is 2.65. The molecule has 1 saturated carbocycles. The Morgan fingerprint density at radius 2 is 1.95 bits per heavy atom. The van der Waals surface area contributed by atoms with Gasteiger partial charge in [0.2, 0.25) is 0 Å². The van der Waals surface area contributed by atoms with E-state index in [4.69, 9.17) is 9.84 Å². The maximum atomic E-state index is 13.6. The third-order valence-electron chi connectivity index (χ3n) is 3.51. The number of amides is 1. The van der Waals surface area contributed by atoms with E-state index in [9.17, 15) is 18.4 Å². The van der Waals surface area contributed by atoms with Crippen LogP contribution in [0.15, 0.2) is 0 Å². The van der Waals surface area contributed by atoms with Crippen molar-refractivity contribution in [2.75, 3.05) is 0 Å². The minimum atomic E-state index is -3.02. The molecule has 1 aliphatic heterocycles. The molecule has 1 aliphatic carbocycles. The fourth-order valence-corrected chi connectivity index (χ4v) is 2.88. The standard InChI is InChI=1S/C12H17F2NO4/c1-11(2,3)19-10(18)15-6-4-7(8(15)9(16)17)12(13,14)5-6/h6-8H,4-5H2,1-3H3,(H,16,17)/t6-,7+,8+/m1/s1. The molecule has 0 aromatic carbocycles. The zero-order chi connectivity index (χ0) is 14.6. The van der Waals surface area contributed by atoms with E-state index < -0.39 is 48.0 Å². The lowest BCUT2D eigenvalue weighted by Crippen LogP contribution is -2.55. The van der Waals surface area contributed by atoms with E-state index in [0.29, 0.717) is 0 Å². The van der Waals surface area contributed by atoms with Gasteiger partial charge in [0, 0.05) is 12.5 Å². The van der Waals surface area contributed by atoms with Crippen molar-refractivity contribution in [1.29, 1.82) is 0 Å². The molecule has 0 radical (unpaired) electrons. The molecule has 2 rings (SSSR count). The topological polar surface area (TPSA) is 66.8 Å². The molecule has 3 atom stereocenters. The van der Waals surface area contributed by atoms with Crippen LogP contribution in [-0.4, -0.2) is 45.7 Å². The number of likely N-dealkylation sites (tertiary alicyclic amines) is 1. The largest absolute Gasteiger partial charge is 0.480 e. The summed E-state index contributed by atoms with van der Waals surface area (Å²) in [6.07, 6.45) is -1.30. The van der Waals surface area contributed by atoms with Gasteiger partial charge in [-0.15, -0.1) is 0 Å². The van der Waals surface area contributed by atoms with E-state index >= 15 is 0 Å². The van der Waals surface area contributed by atoms with Crippen LogP contribution < -0.4 is 0 Å². The van der Waals surface area contributed by atoms with Gasteiger partial charge in [-0.25, -0.2) is 18.4 Å². The molecule has 1 saturated heterocycles. The van der Waals surface area contributed by atoms with Crippen LogP contribution in [0, 0.1) is 5.92 Å². The molecule has 5 nitrogen and oxygen atoms in total. The van der Waals surface area contributed by atoms with Gasteiger partial charge in [-0.3, -0.25) is 4.90 Å². The molecule has 0 unspecified atom stereocenters. The number of carboxylic acids is 1. The number of carbonyl (C=O) groups excluding carboxylic acids is 1. The number of halogens is 2. The first-order valence-corrected chi connectivity index (χ1v) is 6.15. The SMILES string of the molecule is CC(C)(C)OC(=O)N1[C@@H]2C[C@@H]([C@H]1C(=O)O)C(F)(F)C2. The first-order chi connectivity index (χ1) is 8.53. The maximum Gasteiger partial charge on any atom is 0.411 e. The number of fused-ring (bicyclic) bond motifs is 2. The lowest BCUT2D eigenvalue weighted by molar-refractivity contribution is -0.155. The van der Waals surface area contributed by atoms with Crippen molar-refractivity contribution in [3.05, 3.63) is 0 Å². The third-order valence-corrected chi connectivity index (χ3v) is 3.51.